The summed E-state index contributed by atoms with van der Waals surface area (Å²) in [4.78, 5) is 27.3. The summed E-state index contributed by atoms with van der Waals surface area (Å²) in [7, 11) is 3.50. The van der Waals surface area contributed by atoms with E-state index in [0.717, 1.165) is 0 Å². The zero-order chi connectivity index (χ0) is 25.7. The maximum Gasteiger partial charge on any atom is 0.248 e. The van der Waals surface area contributed by atoms with Gasteiger partial charge in [-0.2, -0.15) is 0 Å². The third kappa shape index (κ3) is 5.90. The third-order valence-electron chi connectivity index (χ3n) is 6.27. The molecule has 4 N–H and O–H groups in total. The van der Waals surface area contributed by atoms with Crippen LogP contribution in [-0.2, 0) is 9.59 Å². The van der Waals surface area contributed by atoms with Crippen molar-refractivity contribution in [1.29, 1.82) is 0 Å². The number of hydrogen-bond donors (Lipinski definition) is 3. The molecule has 1 fully saturated rings. The van der Waals surface area contributed by atoms with Gasteiger partial charge in [-0.1, -0.05) is 24.3 Å². The summed E-state index contributed by atoms with van der Waals surface area (Å²) in [6.07, 6.45) is 2.87. The molecular weight excluding hydrogens is 459 g/mol. The minimum absolute atomic E-state index is 0.158. The lowest BCUT2D eigenvalue weighted by Crippen LogP contribution is -2.28. The standard InChI is InChI=1S/C28H29FN4O3/c1-33-16-22(23(17-33)28(35)31-19-9-11-20(36-2)12-10-19)21-13-7-18(15-24(21)29)8-14-27(34)32-26-6-4-3-5-25(26)30/h3-15,22-23H,16-17,30H2,1-2H3,(H,31,35)(H,32,34)/b14-8+. The SMILES string of the molecule is COc1ccc(NC(=O)C2CN(C)CC2c2ccc(/C=C/C(=O)Nc3ccccc3N)cc2F)cc1. The van der Waals surface area contributed by atoms with E-state index in [9.17, 15) is 9.59 Å². The molecule has 8 heteroatoms. The fourth-order valence-electron chi connectivity index (χ4n) is 4.40. The Balaban J connectivity index is 1.45. The highest BCUT2D eigenvalue weighted by molar-refractivity contribution is 6.03. The van der Waals surface area contributed by atoms with E-state index in [2.05, 4.69) is 10.6 Å². The van der Waals surface area contributed by atoms with Crippen LogP contribution in [0, 0.1) is 11.7 Å². The van der Waals surface area contributed by atoms with Gasteiger partial charge in [-0.25, -0.2) is 4.39 Å². The molecule has 0 bridgehead atoms. The molecule has 4 rings (SSSR count). The fraction of sp³-hybridized carbons (Fsp3) is 0.214. The molecule has 1 heterocycles. The van der Waals surface area contributed by atoms with Gasteiger partial charge >= 0.3 is 0 Å². The molecule has 0 aliphatic carbocycles. The van der Waals surface area contributed by atoms with Crippen LogP contribution in [0.1, 0.15) is 17.0 Å². The number of likely N-dealkylation sites (N-methyl/N-ethyl adjacent to an activating group) is 1. The number of nitrogens with one attached hydrogen (secondary N) is 2. The molecule has 36 heavy (non-hydrogen) atoms. The van der Waals surface area contributed by atoms with Crippen LogP contribution in [-0.4, -0.2) is 44.0 Å². The van der Waals surface area contributed by atoms with Crippen LogP contribution >= 0.6 is 0 Å². The molecule has 0 radical (unpaired) electrons. The summed E-state index contributed by atoms with van der Waals surface area (Å²) in [5.74, 6) is -0.942. The van der Waals surface area contributed by atoms with Crippen LogP contribution in [0.2, 0.25) is 0 Å². The molecular formula is C28H29FN4O3. The summed E-state index contributed by atoms with van der Waals surface area (Å²) >= 11 is 0. The van der Waals surface area contributed by atoms with Gasteiger partial charge in [0.25, 0.3) is 0 Å². The Hall–Kier alpha value is -4.17. The monoisotopic (exact) mass is 488 g/mol. The summed E-state index contributed by atoms with van der Waals surface area (Å²) in [5.41, 5.74) is 8.49. The lowest BCUT2D eigenvalue weighted by molar-refractivity contribution is -0.119. The highest BCUT2D eigenvalue weighted by atomic mass is 19.1. The Bertz CT molecular complexity index is 1280. The van der Waals surface area contributed by atoms with Gasteiger partial charge in [0.2, 0.25) is 11.8 Å². The molecule has 1 aliphatic rings. The molecule has 0 spiro atoms. The number of halogens is 1. The predicted molar refractivity (Wildman–Crippen MR) is 140 cm³/mol. The van der Waals surface area contributed by atoms with Crippen molar-refractivity contribution < 1.29 is 18.7 Å². The van der Waals surface area contributed by atoms with Gasteiger partial charge in [0.05, 0.1) is 24.4 Å². The lowest BCUT2D eigenvalue weighted by atomic mass is 9.87. The van der Waals surface area contributed by atoms with Crippen molar-refractivity contribution in [2.75, 3.05) is 43.6 Å². The molecule has 2 amide bonds. The molecule has 1 aliphatic heterocycles. The Morgan fingerprint density at radius 2 is 1.81 bits per heavy atom. The van der Waals surface area contributed by atoms with Crippen LogP contribution < -0.4 is 21.1 Å². The van der Waals surface area contributed by atoms with E-state index in [1.54, 1.807) is 67.8 Å². The first-order valence-corrected chi connectivity index (χ1v) is 11.6. The molecule has 0 aromatic heterocycles. The van der Waals surface area contributed by atoms with Crippen molar-refractivity contribution >= 4 is 35.0 Å². The topological polar surface area (TPSA) is 96.7 Å². The number of benzene rings is 3. The molecule has 3 aromatic carbocycles. The Labute approximate surface area is 209 Å². The van der Waals surface area contributed by atoms with Crippen molar-refractivity contribution in [2.45, 2.75) is 5.92 Å². The van der Waals surface area contributed by atoms with Crippen LogP contribution in [0.25, 0.3) is 6.08 Å². The van der Waals surface area contributed by atoms with Crippen molar-refractivity contribution in [2.24, 2.45) is 5.92 Å². The van der Waals surface area contributed by atoms with Gasteiger partial charge in [0.1, 0.15) is 11.6 Å². The summed E-state index contributed by atoms with van der Waals surface area (Å²) in [6.45, 7) is 1.09. The number of carbonyl (C=O) groups excluding carboxylic acids is 2. The fourth-order valence-corrected chi connectivity index (χ4v) is 4.40. The number of nitrogens with zero attached hydrogens (tertiary/aromatic N) is 1. The number of hydrogen-bond acceptors (Lipinski definition) is 5. The second-order valence-corrected chi connectivity index (χ2v) is 8.84. The Morgan fingerprint density at radius 3 is 2.50 bits per heavy atom. The maximum absolute atomic E-state index is 15.2. The average Bonchev–Trinajstić information content (AvgIpc) is 3.26. The van der Waals surface area contributed by atoms with Gasteiger partial charge < -0.3 is 26.0 Å². The second kappa shape index (κ2) is 11.0. The van der Waals surface area contributed by atoms with Crippen molar-refractivity contribution in [3.8, 4) is 5.75 Å². The number of likely N-dealkylation sites (tertiary alicyclic amines) is 1. The number of carbonyl (C=O) groups is 2. The number of anilines is 3. The van der Waals surface area contributed by atoms with Gasteiger partial charge in [0.15, 0.2) is 0 Å². The Morgan fingerprint density at radius 1 is 1.06 bits per heavy atom. The normalized spacial score (nSPS) is 17.8. The zero-order valence-electron chi connectivity index (χ0n) is 20.2. The number of para-hydroxylation sites is 2. The molecule has 7 nitrogen and oxygen atoms in total. The number of rotatable bonds is 7. The zero-order valence-corrected chi connectivity index (χ0v) is 20.2. The number of methoxy groups -OCH3 is 1. The number of nitrogens with two attached hydrogens (primary N) is 1. The lowest BCUT2D eigenvalue weighted by Gasteiger charge is -2.19. The van der Waals surface area contributed by atoms with Crippen molar-refractivity contribution in [1.82, 2.24) is 4.90 Å². The third-order valence-corrected chi connectivity index (χ3v) is 6.27. The van der Waals surface area contributed by atoms with Gasteiger partial charge in [-0.15, -0.1) is 0 Å². The summed E-state index contributed by atoms with van der Waals surface area (Å²) in [5, 5.41) is 5.63. The molecule has 2 atom stereocenters. The number of nitrogen functional groups attached to an aromatic ring is 1. The maximum atomic E-state index is 15.2. The molecule has 186 valence electrons. The largest absolute Gasteiger partial charge is 0.497 e. The van der Waals surface area contributed by atoms with E-state index < -0.39 is 11.7 Å². The van der Waals surface area contributed by atoms with E-state index in [1.807, 2.05) is 11.9 Å². The highest BCUT2D eigenvalue weighted by Crippen LogP contribution is 2.35. The number of amides is 2. The van der Waals surface area contributed by atoms with E-state index in [0.29, 0.717) is 47.0 Å². The average molecular weight is 489 g/mol. The Kier molecular flexibility index (Phi) is 7.65. The predicted octanol–water partition coefficient (Wildman–Crippen LogP) is 4.35. The van der Waals surface area contributed by atoms with Crippen LogP contribution in [0.5, 0.6) is 5.75 Å². The van der Waals surface area contributed by atoms with Crippen molar-refractivity contribution in [3.63, 3.8) is 0 Å². The van der Waals surface area contributed by atoms with E-state index >= 15 is 4.39 Å². The van der Waals surface area contributed by atoms with Crippen molar-refractivity contribution in [3.05, 3.63) is 89.8 Å². The van der Waals surface area contributed by atoms with Crippen LogP contribution in [0.15, 0.2) is 72.8 Å². The van der Waals surface area contributed by atoms with Gasteiger partial charge in [0, 0.05) is 30.8 Å². The molecule has 0 saturated carbocycles. The van der Waals surface area contributed by atoms with Crippen LogP contribution in [0.4, 0.5) is 21.5 Å². The first kappa shape index (κ1) is 24.9. The molecule has 1 saturated heterocycles. The molecule has 2 unspecified atom stereocenters. The first-order chi connectivity index (χ1) is 17.3. The number of ether oxygens (including phenoxy) is 1. The first-order valence-electron chi connectivity index (χ1n) is 11.6. The van der Waals surface area contributed by atoms with E-state index in [1.165, 1.54) is 18.2 Å². The minimum atomic E-state index is -0.410. The van der Waals surface area contributed by atoms with Gasteiger partial charge in [-0.05, 0) is 66.7 Å². The van der Waals surface area contributed by atoms with E-state index in [4.69, 9.17) is 10.5 Å². The summed E-state index contributed by atoms with van der Waals surface area (Å²) < 4.78 is 20.3. The summed E-state index contributed by atoms with van der Waals surface area (Å²) in [6, 6.07) is 18.9. The highest BCUT2D eigenvalue weighted by Gasteiger charge is 2.38. The van der Waals surface area contributed by atoms with Crippen LogP contribution in [0.3, 0.4) is 0 Å². The molecule has 3 aromatic rings. The van der Waals surface area contributed by atoms with E-state index in [-0.39, 0.29) is 17.7 Å². The van der Waals surface area contributed by atoms with Gasteiger partial charge in [-0.3, -0.25) is 9.59 Å². The quantitative estimate of drug-likeness (QED) is 0.339. The minimum Gasteiger partial charge on any atom is -0.497 e. The second-order valence-electron chi connectivity index (χ2n) is 8.84. The smallest absolute Gasteiger partial charge is 0.248 e.